The smallest absolute Gasteiger partial charge is 0.335 e. The second-order valence-corrected chi connectivity index (χ2v) is 19.7. The maximum atomic E-state index is 14.6. The first-order valence-corrected chi connectivity index (χ1v) is 20.9. The van der Waals surface area contributed by atoms with E-state index in [9.17, 15) is 23.9 Å². The number of allylic oxidation sites excluding steroid dienone is 1. The van der Waals surface area contributed by atoms with Gasteiger partial charge in [0.15, 0.2) is 0 Å². The highest BCUT2D eigenvalue weighted by atomic mass is 19.1. The van der Waals surface area contributed by atoms with Crippen LogP contribution in [0, 0.1) is 62.5 Å². The molecular formula is C47H63FN2O5. The number of aromatic carboxylic acids is 1. The van der Waals surface area contributed by atoms with Crippen molar-refractivity contribution in [3.63, 3.8) is 0 Å². The van der Waals surface area contributed by atoms with Crippen LogP contribution in [0.3, 0.4) is 0 Å². The average molecular weight is 755 g/mol. The van der Waals surface area contributed by atoms with Gasteiger partial charge in [0.2, 0.25) is 5.91 Å². The standard InChI is InChI=1S/C47H63FN2O5/c1-28(2)33-15-21-47(42(55)49-24-18-29-9-8-10-30(25-29)40(52)50-27-32-12-11-31(41(53)54)26-35(32)48)23-22-45(6)34(39(33)47)13-14-37-44(5)19-17-38(51)43(3,4)36(44)16-20-46(37,45)7/h8-12,25-26,33-34,36-39,51H,1,13-24,27H2,2-7H3,(H,49,55)(H,50,52)(H,53,54)/t33-,34?,36?,37?,38-,39?,44-,45+,46+,47-/m0/s1. The van der Waals surface area contributed by atoms with Crippen LogP contribution in [-0.2, 0) is 17.8 Å². The van der Waals surface area contributed by atoms with Crippen molar-refractivity contribution in [3.8, 4) is 0 Å². The number of aliphatic hydroxyl groups excluding tert-OH is 1. The lowest BCUT2D eigenvalue weighted by Crippen LogP contribution is -2.67. The van der Waals surface area contributed by atoms with E-state index in [-0.39, 0.29) is 63.2 Å². The van der Waals surface area contributed by atoms with Crippen molar-refractivity contribution in [2.24, 2.45) is 56.7 Å². The van der Waals surface area contributed by atoms with Crippen LogP contribution >= 0.6 is 0 Å². The summed E-state index contributed by atoms with van der Waals surface area (Å²) in [4.78, 5) is 38.8. The number of aliphatic hydroxyl groups is 1. The molecule has 5 saturated carbocycles. The highest BCUT2D eigenvalue weighted by Gasteiger charge is 2.71. The molecule has 0 saturated heterocycles. The summed E-state index contributed by atoms with van der Waals surface area (Å²) >= 11 is 0. The molecule has 5 aliphatic rings. The highest BCUT2D eigenvalue weighted by molar-refractivity contribution is 5.94. The minimum absolute atomic E-state index is 0.0682. The molecule has 0 aromatic heterocycles. The maximum absolute atomic E-state index is 14.6. The van der Waals surface area contributed by atoms with Crippen molar-refractivity contribution in [2.45, 2.75) is 125 Å². The fourth-order valence-electron chi connectivity index (χ4n) is 14.0. The predicted molar refractivity (Wildman–Crippen MR) is 213 cm³/mol. The lowest BCUT2D eigenvalue weighted by Gasteiger charge is -2.72. The van der Waals surface area contributed by atoms with Crippen molar-refractivity contribution in [3.05, 3.63) is 82.7 Å². The van der Waals surface area contributed by atoms with E-state index >= 15 is 0 Å². The van der Waals surface area contributed by atoms with Crippen molar-refractivity contribution in [2.75, 3.05) is 6.54 Å². The zero-order chi connectivity index (χ0) is 39.7. The number of nitrogens with one attached hydrogen (secondary N) is 2. The summed E-state index contributed by atoms with van der Waals surface area (Å²) < 4.78 is 14.4. The molecule has 0 radical (unpaired) electrons. The zero-order valence-corrected chi connectivity index (χ0v) is 33.9. The molecule has 0 aliphatic heterocycles. The van der Waals surface area contributed by atoms with Gasteiger partial charge < -0.3 is 20.8 Å². The summed E-state index contributed by atoms with van der Waals surface area (Å²) in [5.74, 6) is 0.137. The maximum Gasteiger partial charge on any atom is 0.335 e. The Kier molecular flexibility index (Phi) is 10.2. The Morgan fingerprint density at radius 2 is 1.60 bits per heavy atom. The van der Waals surface area contributed by atoms with Gasteiger partial charge in [-0.1, -0.05) is 65.0 Å². The number of hydrogen-bond acceptors (Lipinski definition) is 4. The molecule has 5 aliphatic carbocycles. The lowest BCUT2D eigenvalue weighted by atomic mass is 9.32. The number of rotatable bonds is 9. The van der Waals surface area contributed by atoms with Gasteiger partial charge in [-0.15, -0.1) is 0 Å². The van der Waals surface area contributed by atoms with Gasteiger partial charge in [0.25, 0.3) is 5.91 Å². The SMILES string of the molecule is C=C(C)[C@@H]1CC[C@]2(C(=O)NCCc3cccc(C(=O)NCc4ccc(C(=O)O)cc4F)c3)CC[C@]3(C)C(CCC4[C@@]5(C)CC[C@H](O)C(C)(C)C5CC[C@]43C)C12. The van der Waals surface area contributed by atoms with Crippen LogP contribution in [0.5, 0.6) is 0 Å². The third-order valence-electron chi connectivity index (χ3n) is 17.1. The third kappa shape index (κ3) is 6.28. The third-order valence-corrected chi connectivity index (χ3v) is 17.1. The molecule has 8 heteroatoms. The molecule has 298 valence electrons. The van der Waals surface area contributed by atoms with Crippen molar-refractivity contribution < 1.29 is 29.0 Å². The monoisotopic (exact) mass is 754 g/mol. The Hall–Kier alpha value is -3.52. The van der Waals surface area contributed by atoms with Crippen LogP contribution < -0.4 is 10.6 Å². The normalized spacial score (nSPS) is 37.4. The van der Waals surface area contributed by atoms with Gasteiger partial charge in [-0.3, -0.25) is 9.59 Å². The number of hydrogen-bond donors (Lipinski definition) is 4. The Balaban J connectivity index is 1.04. The summed E-state index contributed by atoms with van der Waals surface area (Å²) in [6.07, 6.45) is 10.9. The first-order chi connectivity index (χ1) is 25.9. The summed E-state index contributed by atoms with van der Waals surface area (Å²) in [7, 11) is 0. The van der Waals surface area contributed by atoms with Crippen LogP contribution in [0.1, 0.15) is 138 Å². The van der Waals surface area contributed by atoms with Gasteiger partial charge in [-0.05, 0) is 159 Å². The second-order valence-electron chi connectivity index (χ2n) is 19.7. The van der Waals surface area contributed by atoms with Crippen LogP contribution in [-0.4, -0.2) is 40.6 Å². The van der Waals surface area contributed by atoms with E-state index in [2.05, 4.69) is 58.8 Å². The number of carboxylic acids is 1. The number of carbonyl (C=O) groups is 3. The van der Waals surface area contributed by atoms with E-state index in [1.807, 2.05) is 18.2 Å². The lowest BCUT2D eigenvalue weighted by molar-refractivity contribution is -0.246. The molecule has 0 heterocycles. The van der Waals surface area contributed by atoms with Crippen molar-refractivity contribution >= 4 is 17.8 Å². The van der Waals surface area contributed by atoms with Crippen LogP contribution in [0.15, 0.2) is 54.6 Å². The number of benzene rings is 2. The number of carboxylic acid groups (broad SMARTS) is 1. The Bertz CT molecular complexity index is 1870. The van der Waals surface area contributed by atoms with E-state index < -0.39 is 17.2 Å². The first-order valence-electron chi connectivity index (χ1n) is 20.9. The van der Waals surface area contributed by atoms with Crippen LogP contribution in [0.25, 0.3) is 0 Å². The molecular weight excluding hydrogens is 692 g/mol. The number of halogens is 1. The molecule has 0 spiro atoms. The Morgan fingerprint density at radius 1 is 0.836 bits per heavy atom. The van der Waals surface area contributed by atoms with Crippen molar-refractivity contribution in [1.29, 1.82) is 0 Å². The molecule has 7 nitrogen and oxygen atoms in total. The molecule has 4 unspecified atom stereocenters. The molecule has 10 atom stereocenters. The number of fused-ring (bicyclic) bond motifs is 7. The average Bonchev–Trinajstić information content (AvgIpc) is 3.54. The number of amides is 2. The first kappa shape index (κ1) is 39.7. The minimum Gasteiger partial charge on any atom is -0.478 e. The van der Waals surface area contributed by atoms with E-state index in [0.29, 0.717) is 42.2 Å². The second kappa shape index (κ2) is 14.1. The van der Waals surface area contributed by atoms with Crippen LogP contribution in [0.2, 0.25) is 0 Å². The fraction of sp³-hybridized carbons (Fsp3) is 0.638. The molecule has 55 heavy (non-hydrogen) atoms. The summed E-state index contributed by atoms with van der Waals surface area (Å²) in [6.45, 7) is 19.5. The van der Waals surface area contributed by atoms with Gasteiger partial charge in [-0.25, -0.2) is 9.18 Å². The van der Waals surface area contributed by atoms with E-state index in [4.69, 9.17) is 5.11 Å². The molecule has 2 aromatic rings. The van der Waals surface area contributed by atoms with Gasteiger partial charge in [0, 0.05) is 24.2 Å². The van der Waals surface area contributed by atoms with Gasteiger partial charge in [0.05, 0.1) is 17.1 Å². The fourth-order valence-corrected chi connectivity index (χ4v) is 14.0. The summed E-state index contributed by atoms with van der Waals surface area (Å²) in [6, 6.07) is 10.9. The van der Waals surface area contributed by atoms with E-state index in [0.717, 1.165) is 56.6 Å². The zero-order valence-electron chi connectivity index (χ0n) is 33.9. The molecule has 2 amide bonds. The summed E-state index contributed by atoms with van der Waals surface area (Å²) in [5, 5.41) is 26.3. The Labute approximate surface area is 327 Å². The largest absolute Gasteiger partial charge is 0.478 e. The van der Waals surface area contributed by atoms with Gasteiger partial charge in [-0.2, -0.15) is 0 Å². The quantitative estimate of drug-likeness (QED) is 0.191. The molecule has 7 rings (SSSR count). The van der Waals surface area contributed by atoms with Gasteiger partial charge >= 0.3 is 5.97 Å². The molecule has 2 aromatic carbocycles. The van der Waals surface area contributed by atoms with E-state index in [1.54, 1.807) is 6.07 Å². The molecule has 4 N–H and O–H groups in total. The minimum atomic E-state index is -1.21. The predicted octanol–water partition coefficient (Wildman–Crippen LogP) is 9.13. The molecule has 0 bridgehead atoms. The summed E-state index contributed by atoms with van der Waals surface area (Å²) in [5.41, 5.74) is 2.68. The van der Waals surface area contributed by atoms with E-state index in [1.165, 1.54) is 37.0 Å². The number of carbonyl (C=O) groups excluding carboxylic acids is 2. The van der Waals surface area contributed by atoms with Crippen LogP contribution in [0.4, 0.5) is 4.39 Å². The van der Waals surface area contributed by atoms with Gasteiger partial charge in [0.1, 0.15) is 5.82 Å². The highest BCUT2D eigenvalue weighted by Crippen LogP contribution is 2.77. The Morgan fingerprint density at radius 3 is 2.31 bits per heavy atom. The topological polar surface area (TPSA) is 116 Å². The van der Waals surface area contributed by atoms with Crippen molar-refractivity contribution in [1.82, 2.24) is 10.6 Å². The molecule has 5 fully saturated rings.